The van der Waals surface area contributed by atoms with Crippen molar-refractivity contribution in [2.75, 3.05) is 11.5 Å². The number of benzene rings is 2. The number of aromatic nitrogens is 3. The molecule has 1 unspecified atom stereocenters. The number of hydrogen-bond acceptors (Lipinski definition) is 6. The number of amides is 1. The molecule has 8 heteroatoms. The lowest BCUT2D eigenvalue weighted by Gasteiger charge is -2.13. The fraction of sp³-hybridized carbons (Fsp3) is 0.0909. The molecular weight excluding hydrogens is 378 g/mol. The number of nitrogens with two attached hydrogens (primary N) is 2. The molecule has 30 heavy (non-hydrogen) atoms. The van der Waals surface area contributed by atoms with E-state index < -0.39 is 0 Å². The van der Waals surface area contributed by atoms with E-state index in [1.807, 2.05) is 19.1 Å². The Kier molecular flexibility index (Phi) is 4.89. The lowest BCUT2D eigenvalue weighted by Crippen LogP contribution is -2.27. The maximum Gasteiger partial charge on any atom is 0.287 e. The first-order valence-corrected chi connectivity index (χ1v) is 9.37. The van der Waals surface area contributed by atoms with Gasteiger partial charge in [-0.15, -0.1) is 0 Å². The summed E-state index contributed by atoms with van der Waals surface area (Å²) < 4.78 is 0. The summed E-state index contributed by atoms with van der Waals surface area (Å²) in [4.78, 5) is 24.0. The normalized spacial score (nSPS) is 11.9. The van der Waals surface area contributed by atoms with Crippen LogP contribution in [0.1, 0.15) is 40.3 Å². The zero-order valence-corrected chi connectivity index (χ0v) is 16.3. The van der Waals surface area contributed by atoms with Crippen LogP contribution in [0.5, 0.6) is 0 Å². The van der Waals surface area contributed by atoms with Crippen LogP contribution in [-0.2, 0) is 0 Å². The fourth-order valence-electron chi connectivity index (χ4n) is 3.20. The molecule has 2 aromatic carbocycles. The van der Waals surface area contributed by atoms with Crippen LogP contribution in [0.3, 0.4) is 0 Å². The van der Waals surface area contributed by atoms with Gasteiger partial charge in [0.1, 0.15) is 0 Å². The third kappa shape index (κ3) is 3.70. The molecule has 2 aromatic heterocycles. The summed E-state index contributed by atoms with van der Waals surface area (Å²) in [6, 6.07) is 14.0. The summed E-state index contributed by atoms with van der Waals surface area (Å²) in [6.07, 6.45) is 3.25. The van der Waals surface area contributed by atoms with Gasteiger partial charge in [0, 0.05) is 34.9 Å². The molecule has 1 atom stereocenters. The summed E-state index contributed by atoms with van der Waals surface area (Å²) in [5.74, 6) is -0.154. The van der Waals surface area contributed by atoms with Gasteiger partial charge in [-0.1, -0.05) is 12.1 Å². The molecule has 0 saturated carbocycles. The highest BCUT2D eigenvalue weighted by molar-refractivity contribution is 6.15. The van der Waals surface area contributed by atoms with Gasteiger partial charge in [-0.25, -0.2) is 4.98 Å². The monoisotopic (exact) mass is 399 g/mol. The third-order valence-electron chi connectivity index (χ3n) is 4.89. The number of hydrogen-bond donors (Lipinski definition) is 5. The van der Waals surface area contributed by atoms with E-state index in [1.165, 1.54) is 0 Å². The third-order valence-corrected chi connectivity index (χ3v) is 4.89. The van der Waals surface area contributed by atoms with Crippen LogP contribution in [-0.4, -0.2) is 26.6 Å². The van der Waals surface area contributed by atoms with E-state index in [0.717, 1.165) is 5.56 Å². The highest BCUT2D eigenvalue weighted by Crippen LogP contribution is 2.23. The number of nitrogen functional groups attached to an aromatic ring is 2. The molecule has 0 saturated heterocycles. The van der Waals surface area contributed by atoms with Crippen molar-refractivity contribution >= 4 is 34.0 Å². The lowest BCUT2D eigenvalue weighted by atomic mass is 10.0. The van der Waals surface area contributed by atoms with Gasteiger partial charge in [0.05, 0.1) is 22.8 Å². The predicted octanol–water partition coefficient (Wildman–Crippen LogP) is 3.03. The van der Waals surface area contributed by atoms with E-state index in [0.29, 0.717) is 33.5 Å². The molecule has 0 aliphatic carbocycles. The van der Waals surface area contributed by atoms with Crippen LogP contribution in [0.4, 0.5) is 11.4 Å². The summed E-state index contributed by atoms with van der Waals surface area (Å²) in [5, 5.41) is 11.4. The number of rotatable bonds is 5. The van der Waals surface area contributed by atoms with Gasteiger partial charge in [-0.3, -0.25) is 15.2 Å². The number of nitrogens with one attached hydrogen (secondary N) is 3. The van der Waals surface area contributed by atoms with E-state index in [2.05, 4.69) is 20.3 Å². The number of pyridine rings is 1. The van der Waals surface area contributed by atoms with E-state index >= 15 is 0 Å². The molecule has 0 radical (unpaired) electrons. The Bertz CT molecular complexity index is 1230. The van der Waals surface area contributed by atoms with Crippen LogP contribution in [0.25, 0.3) is 11.0 Å². The Hall–Kier alpha value is -4.20. The minimum absolute atomic E-state index is 0.180. The maximum atomic E-state index is 12.7. The van der Waals surface area contributed by atoms with Crippen molar-refractivity contribution in [1.29, 1.82) is 5.41 Å². The number of H-pyrrole nitrogens is 1. The topological polar surface area (TPSA) is 147 Å². The molecular formula is C22H21N7O. The average Bonchev–Trinajstić information content (AvgIpc) is 3.16. The van der Waals surface area contributed by atoms with Crippen LogP contribution in [0.2, 0.25) is 0 Å². The Morgan fingerprint density at radius 1 is 1.10 bits per heavy atom. The van der Waals surface area contributed by atoms with E-state index in [-0.39, 0.29) is 23.5 Å². The molecule has 8 nitrogen and oxygen atoms in total. The molecule has 0 aliphatic heterocycles. The number of carbonyl (C=O) groups excluding carboxylic acids is 1. The highest BCUT2D eigenvalue weighted by atomic mass is 16.2. The second kappa shape index (κ2) is 7.67. The van der Waals surface area contributed by atoms with E-state index in [4.69, 9.17) is 16.9 Å². The van der Waals surface area contributed by atoms with E-state index in [1.54, 1.807) is 48.8 Å². The van der Waals surface area contributed by atoms with Crippen molar-refractivity contribution in [3.05, 3.63) is 83.4 Å². The second-order valence-corrected chi connectivity index (χ2v) is 7.01. The van der Waals surface area contributed by atoms with Gasteiger partial charge < -0.3 is 21.8 Å². The zero-order chi connectivity index (χ0) is 21.3. The Balaban J connectivity index is 1.59. The number of imidazole rings is 1. The van der Waals surface area contributed by atoms with Crippen LogP contribution in [0, 0.1) is 5.41 Å². The zero-order valence-electron chi connectivity index (χ0n) is 16.3. The molecule has 1 amide bonds. The molecule has 0 aliphatic rings. The highest BCUT2D eigenvalue weighted by Gasteiger charge is 2.17. The lowest BCUT2D eigenvalue weighted by molar-refractivity contribution is 0.0930. The molecule has 0 fully saturated rings. The van der Waals surface area contributed by atoms with E-state index in [9.17, 15) is 4.79 Å². The molecule has 150 valence electrons. The van der Waals surface area contributed by atoms with Crippen molar-refractivity contribution < 1.29 is 4.79 Å². The fourth-order valence-corrected chi connectivity index (χ4v) is 3.20. The molecule has 2 heterocycles. The van der Waals surface area contributed by atoms with Gasteiger partial charge in [-0.2, -0.15) is 0 Å². The summed E-state index contributed by atoms with van der Waals surface area (Å²) in [7, 11) is 0. The molecule has 0 spiro atoms. The Morgan fingerprint density at radius 3 is 2.50 bits per heavy atom. The maximum absolute atomic E-state index is 12.7. The predicted molar refractivity (Wildman–Crippen MR) is 117 cm³/mol. The van der Waals surface area contributed by atoms with Gasteiger partial charge in [0.25, 0.3) is 5.91 Å². The Morgan fingerprint density at radius 2 is 1.80 bits per heavy atom. The first kappa shape index (κ1) is 19.1. The summed E-state index contributed by atoms with van der Waals surface area (Å²) >= 11 is 0. The van der Waals surface area contributed by atoms with Gasteiger partial charge >= 0.3 is 0 Å². The van der Waals surface area contributed by atoms with Crippen molar-refractivity contribution in [3.63, 3.8) is 0 Å². The SMILES string of the molecule is CC(NC(=O)c1nc2cc(N)c(C(=N)c3ccncc3)cc2[nH]1)c1ccc(N)cc1. The first-order valence-electron chi connectivity index (χ1n) is 9.37. The number of aromatic amines is 1. The van der Waals surface area contributed by atoms with Crippen molar-refractivity contribution in [3.8, 4) is 0 Å². The largest absolute Gasteiger partial charge is 0.399 e. The number of fused-ring (bicyclic) bond motifs is 1. The second-order valence-electron chi connectivity index (χ2n) is 7.01. The van der Waals surface area contributed by atoms with Gasteiger partial charge in [-0.05, 0) is 48.9 Å². The average molecular weight is 399 g/mol. The summed E-state index contributed by atoms with van der Waals surface area (Å²) in [6.45, 7) is 1.89. The Labute approximate surface area is 172 Å². The van der Waals surface area contributed by atoms with Crippen LogP contribution in [0.15, 0.2) is 60.9 Å². The molecule has 7 N–H and O–H groups in total. The number of carbonyl (C=O) groups is 1. The van der Waals surface area contributed by atoms with Crippen molar-refractivity contribution in [1.82, 2.24) is 20.3 Å². The molecule has 4 aromatic rings. The molecule has 0 bridgehead atoms. The van der Waals surface area contributed by atoms with Crippen molar-refractivity contribution in [2.24, 2.45) is 0 Å². The first-order chi connectivity index (χ1) is 14.4. The minimum Gasteiger partial charge on any atom is -0.399 e. The molecule has 4 rings (SSSR count). The van der Waals surface area contributed by atoms with Crippen molar-refractivity contribution in [2.45, 2.75) is 13.0 Å². The quantitative estimate of drug-likeness (QED) is 0.258. The van der Waals surface area contributed by atoms with Crippen LogP contribution >= 0.6 is 0 Å². The van der Waals surface area contributed by atoms with Crippen LogP contribution < -0.4 is 16.8 Å². The number of nitrogens with zero attached hydrogens (tertiary/aromatic N) is 2. The van der Waals surface area contributed by atoms with Gasteiger partial charge in [0.2, 0.25) is 0 Å². The standard InChI is InChI=1S/C22H21N7O/c1-12(13-2-4-15(23)5-3-13)27-22(30)21-28-18-10-16(17(24)11-19(18)29-21)20(25)14-6-8-26-9-7-14/h2-12,25H,23-24H2,1H3,(H,27,30)(H,28,29). The number of anilines is 2. The van der Waals surface area contributed by atoms with Gasteiger partial charge in [0.15, 0.2) is 5.82 Å². The smallest absolute Gasteiger partial charge is 0.287 e. The minimum atomic E-state index is -0.333. The summed E-state index contributed by atoms with van der Waals surface area (Å²) in [5.41, 5.74) is 16.6.